The predicted octanol–water partition coefficient (Wildman–Crippen LogP) is 4.20. The number of benzene rings is 2. The Kier molecular flexibility index (Phi) is 8.92. The molecule has 1 aliphatic rings. The van der Waals surface area contributed by atoms with Gasteiger partial charge in [-0.1, -0.05) is 0 Å². The molecule has 0 unspecified atom stereocenters. The number of quaternary nitrogens is 1. The van der Waals surface area contributed by atoms with Crippen molar-refractivity contribution < 1.29 is 23.1 Å². The predicted molar refractivity (Wildman–Crippen MR) is 127 cm³/mol. The number of amides is 1. The molecule has 0 saturated carbocycles. The molecule has 33 heavy (non-hydrogen) atoms. The van der Waals surface area contributed by atoms with Crippen LogP contribution in [0.1, 0.15) is 5.56 Å². The van der Waals surface area contributed by atoms with Crippen molar-refractivity contribution in [2.75, 3.05) is 46.4 Å². The fourth-order valence-electron chi connectivity index (χ4n) is 3.43. The summed E-state index contributed by atoms with van der Waals surface area (Å²) in [6.45, 7) is 7.61. The number of morpholine rings is 1. The molecule has 2 heterocycles. The second kappa shape index (κ2) is 12.1. The molecular formula is C26H31FN3O3+. The maximum Gasteiger partial charge on any atom is 0.207 e. The molecule has 7 heteroatoms. The zero-order chi connectivity index (χ0) is 23.5. The summed E-state index contributed by atoms with van der Waals surface area (Å²) >= 11 is 0. The molecule has 0 radical (unpaired) electrons. The Bertz CT molecular complexity index is 1000. The third-order valence-electron chi connectivity index (χ3n) is 5.55. The number of pyridine rings is 1. The molecule has 1 N–H and O–H groups in total. The van der Waals surface area contributed by atoms with Crippen molar-refractivity contribution in [2.45, 2.75) is 6.92 Å². The van der Waals surface area contributed by atoms with Gasteiger partial charge in [0.1, 0.15) is 30.4 Å². The fraction of sp³-hybridized carbons (Fsp3) is 0.308. The summed E-state index contributed by atoms with van der Waals surface area (Å²) in [6, 6.07) is 17.6. The van der Waals surface area contributed by atoms with Gasteiger partial charge in [-0.15, -0.1) is 0 Å². The van der Waals surface area contributed by atoms with Gasteiger partial charge in [0.15, 0.2) is 0 Å². The van der Waals surface area contributed by atoms with Crippen molar-refractivity contribution in [3.63, 3.8) is 0 Å². The first kappa shape index (κ1) is 24.4. The smallest absolute Gasteiger partial charge is 0.207 e. The van der Waals surface area contributed by atoms with Gasteiger partial charge in [-0.05, 0) is 73.2 Å². The van der Waals surface area contributed by atoms with E-state index in [-0.39, 0.29) is 5.82 Å². The minimum absolute atomic E-state index is 0.275. The molecule has 1 fully saturated rings. The highest BCUT2D eigenvalue weighted by molar-refractivity contribution is 5.60. The van der Waals surface area contributed by atoms with E-state index < -0.39 is 0 Å². The second-order valence-electron chi connectivity index (χ2n) is 8.27. The summed E-state index contributed by atoms with van der Waals surface area (Å²) in [5, 5.41) is 2.68. The SMILES string of the molecule is C[N+]1(CCNC=O)CCOCC1.Cc1ccnc(-c2ccc(Oc3ccc(F)cc3)cc2)c1. The number of hydrogen-bond acceptors (Lipinski definition) is 4. The van der Waals surface area contributed by atoms with Gasteiger partial charge in [-0.25, -0.2) is 4.39 Å². The van der Waals surface area contributed by atoms with E-state index in [0.29, 0.717) is 11.5 Å². The first-order valence-electron chi connectivity index (χ1n) is 11.0. The highest BCUT2D eigenvalue weighted by Crippen LogP contribution is 2.25. The Morgan fingerprint density at radius 2 is 1.70 bits per heavy atom. The van der Waals surface area contributed by atoms with E-state index in [4.69, 9.17) is 9.47 Å². The minimum atomic E-state index is -0.275. The first-order valence-corrected chi connectivity index (χ1v) is 11.0. The molecule has 2 aromatic carbocycles. The van der Waals surface area contributed by atoms with E-state index in [9.17, 15) is 9.18 Å². The minimum Gasteiger partial charge on any atom is -0.457 e. The number of aryl methyl sites for hydroxylation is 1. The number of carbonyl (C=O) groups is 1. The molecule has 3 aromatic rings. The van der Waals surface area contributed by atoms with Gasteiger partial charge >= 0.3 is 0 Å². The van der Waals surface area contributed by atoms with Crippen LogP contribution in [0.5, 0.6) is 11.5 Å². The quantitative estimate of drug-likeness (QED) is 0.332. The molecule has 6 nitrogen and oxygen atoms in total. The lowest BCUT2D eigenvalue weighted by Gasteiger charge is -2.37. The standard InChI is InChI=1S/C18H14FNO.C8H16N2O2/c1-13-10-11-20-18(12-13)14-2-6-16(7-3-14)21-17-8-4-15(19)5-9-17;1-10(3-2-9-8-11)4-6-12-7-5-10/h2-12H,1H3;8H,2-7H2,1H3/p+1. The number of ether oxygens (including phenoxy) is 2. The lowest BCUT2D eigenvalue weighted by Crippen LogP contribution is -2.54. The van der Waals surface area contributed by atoms with E-state index >= 15 is 0 Å². The number of carbonyl (C=O) groups excluding carboxylic acids is 1. The molecule has 4 rings (SSSR count). The Morgan fingerprint density at radius 3 is 2.30 bits per heavy atom. The largest absolute Gasteiger partial charge is 0.457 e. The number of halogens is 1. The molecule has 1 aromatic heterocycles. The topological polar surface area (TPSA) is 60.5 Å². The zero-order valence-electron chi connectivity index (χ0n) is 19.2. The van der Waals surface area contributed by atoms with Gasteiger partial charge in [0.25, 0.3) is 0 Å². The van der Waals surface area contributed by atoms with Crippen molar-refractivity contribution in [1.82, 2.24) is 10.3 Å². The molecule has 1 aliphatic heterocycles. The Hall–Kier alpha value is -3.29. The lowest BCUT2D eigenvalue weighted by molar-refractivity contribution is -0.915. The van der Waals surface area contributed by atoms with Crippen molar-refractivity contribution in [3.8, 4) is 22.8 Å². The average molecular weight is 453 g/mol. The summed E-state index contributed by atoms with van der Waals surface area (Å²) in [6.07, 6.45) is 2.56. The summed E-state index contributed by atoms with van der Waals surface area (Å²) in [4.78, 5) is 14.4. The Labute approximate surface area is 194 Å². The summed E-state index contributed by atoms with van der Waals surface area (Å²) in [5.74, 6) is 1.04. The van der Waals surface area contributed by atoms with E-state index in [0.717, 1.165) is 61.5 Å². The lowest BCUT2D eigenvalue weighted by atomic mass is 10.1. The maximum atomic E-state index is 12.8. The van der Waals surface area contributed by atoms with Gasteiger partial charge < -0.3 is 19.3 Å². The van der Waals surface area contributed by atoms with Crippen molar-refractivity contribution in [1.29, 1.82) is 0 Å². The number of nitrogens with one attached hydrogen (secondary N) is 1. The van der Waals surface area contributed by atoms with Crippen LogP contribution >= 0.6 is 0 Å². The monoisotopic (exact) mass is 452 g/mol. The molecule has 174 valence electrons. The van der Waals surface area contributed by atoms with E-state index in [2.05, 4.69) is 17.3 Å². The molecule has 1 amide bonds. The van der Waals surface area contributed by atoms with Crippen LogP contribution in [0.15, 0.2) is 66.9 Å². The van der Waals surface area contributed by atoms with Crippen LogP contribution in [0, 0.1) is 12.7 Å². The van der Waals surface area contributed by atoms with Gasteiger partial charge in [0.2, 0.25) is 6.41 Å². The Balaban J connectivity index is 0.000000218. The molecule has 0 bridgehead atoms. The number of likely N-dealkylation sites (N-methyl/N-ethyl adjacent to an activating group) is 1. The third-order valence-corrected chi connectivity index (χ3v) is 5.55. The van der Waals surface area contributed by atoms with Crippen LogP contribution in [-0.4, -0.2) is 62.3 Å². The summed E-state index contributed by atoms with van der Waals surface area (Å²) < 4.78 is 24.8. The van der Waals surface area contributed by atoms with Gasteiger partial charge in [-0.2, -0.15) is 0 Å². The summed E-state index contributed by atoms with van der Waals surface area (Å²) in [5.41, 5.74) is 3.14. The van der Waals surface area contributed by atoms with Crippen LogP contribution in [0.4, 0.5) is 4.39 Å². The van der Waals surface area contributed by atoms with Crippen LogP contribution in [-0.2, 0) is 9.53 Å². The molecular weight excluding hydrogens is 421 g/mol. The van der Waals surface area contributed by atoms with Crippen LogP contribution in [0.2, 0.25) is 0 Å². The molecule has 0 spiro atoms. The normalized spacial score (nSPS) is 14.5. The third kappa shape index (κ3) is 7.97. The first-order chi connectivity index (χ1) is 16.0. The van der Waals surface area contributed by atoms with Crippen molar-refractivity contribution in [3.05, 3.63) is 78.2 Å². The fourth-order valence-corrected chi connectivity index (χ4v) is 3.43. The van der Waals surface area contributed by atoms with Gasteiger partial charge in [0, 0.05) is 11.8 Å². The molecule has 0 atom stereocenters. The van der Waals surface area contributed by atoms with Crippen molar-refractivity contribution >= 4 is 6.41 Å². The maximum absolute atomic E-state index is 12.8. The molecule has 1 saturated heterocycles. The van der Waals surface area contributed by atoms with Crippen molar-refractivity contribution in [2.24, 2.45) is 0 Å². The summed E-state index contributed by atoms with van der Waals surface area (Å²) in [7, 11) is 2.20. The highest BCUT2D eigenvalue weighted by Gasteiger charge is 2.24. The average Bonchev–Trinajstić information content (AvgIpc) is 2.82. The van der Waals surface area contributed by atoms with Crippen LogP contribution in [0.25, 0.3) is 11.3 Å². The van der Waals surface area contributed by atoms with E-state index in [1.807, 2.05) is 43.3 Å². The van der Waals surface area contributed by atoms with Gasteiger partial charge in [-0.3, -0.25) is 9.78 Å². The zero-order valence-corrected chi connectivity index (χ0v) is 19.2. The highest BCUT2D eigenvalue weighted by atomic mass is 19.1. The number of nitrogens with zero attached hydrogens (tertiary/aromatic N) is 2. The van der Waals surface area contributed by atoms with Crippen LogP contribution in [0.3, 0.4) is 0 Å². The molecule has 0 aliphatic carbocycles. The number of aromatic nitrogens is 1. The Morgan fingerprint density at radius 1 is 1.06 bits per heavy atom. The van der Waals surface area contributed by atoms with Crippen LogP contribution < -0.4 is 10.1 Å². The number of rotatable bonds is 7. The van der Waals surface area contributed by atoms with E-state index in [1.165, 1.54) is 17.7 Å². The second-order valence-corrected chi connectivity index (χ2v) is 8.27. The van der Waals surface area contributed by atoms with E-state index in [1.54, 1.807) is 18.3 Å². The van der Waals surface area contributed by atoms with Gasteiger partial charge in [0.05, 0.1) is 39.0 Å². The number of hydrogen-bond donors (Lipinski definition) is 1.